The average Bonchev–Trinajstić information content (AvgIpc) is 2.73. The first-order valence-electron chi connectivity index (χ1n) is 7.81. The lowest BCUT2D eigenvalue weighted by atomic mass is 9.64. The third kappa shape index (κ3) is 1.87. The van der Waals surface area contributed by atoms with Crippen molar-refractivity contribution in [2.24, 2.45) is 11.3 Å². The summed E-state index contributed by atoms with van der Waals surface area (Å²) < 4.78 is 0. The molecule has 2 unspecified atom stereocenters. The van der Waals surface area contributed by atoms with E-state index in [1.807, 2.05) is 11.1 Å². The Morgan fingerprint density at radius 1 is 1.28 bits per heavy atom. The largest absolute Gasteiger partial charge is 0.306 e. The lowest BCUT2D eigenvalue weighted by molar-refractivity contribution is 0.103. The van der Waals surface area contributed by atoms with E-state index >= 15 is 0 Å². The summed E-state index contributed by atoms with van der Waals surface area (Å²) in [6.07, 6.45) is 14.6. The molecule has 0 aliphatic heterocycles. The highest BCUT2D eigenvalue weighted by molar-refractivity contribution is 5.37. The second kappa shape index (κ2) is 4.85. The third-order valence-corrected chi connectivity index (χ3v) is 5.67. The highest BCUT2D eigenvalue weighted by Crippen LogP contribution is 2.58. The van der Waals surface area contributed by atoms with E-state index in [9.17, 15) is 0 Å². The van der Waals surface area contributed by atoms with E-state index in [1.54, 1.807) is 0 Å². The van der Waals surface area contributed by atoms with Crippen LogP contribution in [0.2, 0.25) is 0 Å². The van der Waals surface area contributed by atoms with E-state index in [0.717, 1.165) is 5.92 Å². The number of rotatable bonds is 3. The lowest BCUT2D eigenvalue weighted by Crippen LogP contribution is -2.42. The average molecular weight is 245 g/mol. The minimum atomic E-state index is 0.559. The fourth-order valence-corrected chi connectivity index (χ4v) is 4.66. The van der Waals surface area contributed by atoms with Gasteiger partial charge in [0.1, 0.15) is 0 Å². The van der Waals surface area contributed by atoms with Crippen LogP contribution in [0.4, 0.5) is 0 Å². The van der Waals surface area contributed by atoms with E-state index in [-0.39, 0.29) is 0 Å². The highest BCUT2D eigenvalue weighted by atomic mass is 15.1. The van der Waals surface area contributed by atoms with Crippen molar-refractivity contribution in [1.82, 2.24) is 4.90 Å². The van der Waals surface area contributed by atoms with Gasteiger partial charge >= 0.3 is 0 Å². The van der Waals surface area contributed by atoms with Gasteiger partial charge in [-0.05, 0) is 51.6 Å². The zero-order valence-corrected chi connectivity index (χ0v) is 12.0. The number of hydrogen-bond acceptors (Lipinski definition) is 1. The fraction of sp³-hybridized carbons (Fsp3) is 0.765. The zero-order chi connectivity index (χ0) is 12.6. The first kappa shape index (κ1) is 12.5. The molecule has 0 saturated heterocycles. The monoisotopic (exact) mass is 245 g/mol. The van der Waals surface area contributed by atoms with Crippen molar-refractivity contribution in [2.45, 2.75) is 51.9 Å². The van der Waals surface area contributed by atoms with Crippen LogP contribution in [0, 0.1) is 11.3 Å². The van der Waals surface area contributed by atoms with Crippen molar-refractivity contribution in [3.8, 4) is 0 Å². The molecule has 0 bridgehead atoms. The van der Waals surface area contributed by atoms with Crippen LogP contribution >= 0.6 is 0 Å². The van der Waals surface area contributed by atoms with Gasteiger partial charge in [-0.15, -0.1) is 0 Å². The molecule has 1 heteroatoms. The second-order valence-corrected chi connectivity index (χ2v) is 6.60. The van der Waals surface area contributed by atoms with Crippen molar-refractivity contribution in [3.05, 3.63) is 23.3 Å². The summed E-state index contributed by atoms with van der Waals surface area (Å²) in [4.78, 5) is 2.55. The van der Waals surface area contributed by atoms with E-state index in [0.29, 0.717) is 5.41 Å². The summed E-state index contributed by atoms with van der Waals surface area (Å²) in [7, 11) is 2.30. The minimum absolute atomic E-state index is 0.559. The minimum Gasteiger partial charge on any atom is -0.306 e. The third-order valence-electron chi connectivity index (χ3n) is 5.67. The quantitative estimate of drug-likeness (QED) is 0.675. The highest BCUT2D eigenvalue weighted by Gasteiger charge is 2.48. The molecule has 1 fully saturated rings. The SMILES string of the molecule is CCN(C)CC12CCCCC1CC1=C2CC=CC1. The lowest BCUT2D eigenvalue weighted by Gasteiger charge is -2.44. The Hall–Kier alpha value is -0.560. The molecule has 0 spiro atoms. The van der Waals surface area contributed by atoms with Crippen LogP contribution < -0.4 is 0 Å². The molecule has 2 atom stereocenters. The van der Waals surface area contributed by atoms with Crippen LogP contribution in [0.15, 0.2) is 23.3 Å². The molecule has 0 aromatic carbocycles. The predicted octanol–water partition coefficient (Wildman–Crippen LogP) is 4.17. The summed E-state index contributed by atoms with van der Waals surface area (Å²) in [5.41, 5.74) is 4.23. The molecular weight excluding hydrogens is 218 g/mol. The van der Waals surface area contributed by atoms with Gasteiger partial charge in [0, 0.05) is 12.0 Å². The normalized spacial score (nSPS) is 34.9. The molecule has 0 heterocycles. The molecular formula is C17H27N. The Labute approximate surface area is 112 Å². The topological polar surface area (TPSA) is 3.24 Å². The van der Waals surface area contributed by atoms with Crippen LogP contribution in [0.1, 0.15) is 51.9 Å². The standard InChI is InChI=1S/C17H27N/c1-3-18(2)13-17-11-7-6-9-15(17)12-14-8-4-5-10-16(14)17/h4-5,15H,3,6-13H2,1-2H3. The molecule has 18 heavy (non-hydrogen) atoms. The summed E-state index contributed by atoms with van der Waals surface area (Å²) in [6.45, 7) is 4.78. The Bertz CT molecular complexity index is 379. The number of hydrogen-bond donors (Lipinski definition) is 0. The number of allylic oxidation sites excluding steroid dienone is 3. The van der Waals surface area contributed by atoms with Gasteiger partial charge in [-0.3, -0.25) is 0 Å². The van der Waals surface area contributed by atoms with Crippen LogP contribution in [0.25, 0.3) is 0 Å². The van der Waals surface area contributed by atoms with E-state index in [2.05, 4.69) is 31.0 Å². The Balaban J connectivity index is 1.91. The van der Waals surface area contributed by atoms with Crippen LogP contribution in [0.3, 0.4) is 0 Å². The number of fused-ring (bicyclic) bond motifs is 2. The van der Waals surface area contributed by atoms with Crippen molar-refractivity contribution in [1.29, 1.82) is 0 Å². The molecule has 1 saturated carbocycles. The molecule has 0 aromatic heterocycles. The zero-order valence-electron chi connectivity index (χ0n) is 12.0. The van der Waals surface area contributed by atoms with Gasteiger partial charge in [-0.25, -0.2) is 0 Å². The molecule has 3 aliphatic rings. The molecule has 3 rings (SSSR count). The number of nitrogens with zero attached hydrogens (tertiary/aromatic N) is 1. The van der Waals surface area contributed by atoms with Gasteiger partial charge in [0.05, 0.1) is 0 Å². The van der Waals surface area contributed by atoms with Crippen molar-refractivity contribution < 1.29 is 0 Å². The van der Waals surface area contributed by atoms with Gasteiger partial charge in [0.2, 0.25) is 0 Å². The van der Waals surface area contributed by atoms with E-state index in [4.69, 9.17) is 0 Å². The first-order chi connectivity index (χ1) is 8.76. The van der Waals surface area contributed by atoms with Gasteiger partial charge in [-0.1, -0.05) is 43.1 Å². The Morgan fingerprint density at radius 3 is 2.94 bits per heavy atom. The van der Waals surface area contributed by atoms with Gasteiger partial charge in [0.25, 0.3) is 0 Å². The van der Waals surface area contributed by atoms with Crippen LogP contribution in [-0.4, -0.2) is 25.0 Å². The molecule has 0 amide bonds. The Morgan fingerprint density at radius 2 is 2.11 bits per heavy atom. The molecule has 0 aromatic rings. The van der Waals surface area contributed by atoms with Crippen LogP contribution in [0.5, 0.6) is 0 Å². The fourth-order valence-electron chi connectivity index (χ4n) is 4.66. The molecule has 3 aliphatic carbocycles. The smallest absolute Gasteiger partial charge is 0.00762 e. The maximum atomic E-state index is 2.55. The second-order valence-electron chi connectivity index (χ2n) is 6.60. The van der Waals surface area contributed by atoms with Crippen molar-refractivity contribution in [2.75, 3.05) is 20.1 Å². The molecule has 1 nitrogen and oxygen atoms in total. The van der Waals surface area contributed by atoms with Crippen LogP contribution in [-0.2, 0) is 0 Å². The van der Waals surface area contributed by atoms with Gasteiger partial charge < -0.3 is 4.90 Å². The maximum Gasteiger partial charge on any atom is 0.00762 e. The van der Waals surface area contributed by atoms with Crippen molar-refractivity contribution >= 4 is 0 Å². The summed E-state index contributed by atoms with van der Waals surface area (Å²) in [5, 5.41) is 0. The summed E-state index contributed by atoms with van der Waals surface area (Å²) in [5.74, 6) is 0.963. The first-order valence-corrected chi connectivity index (χ1v) is 7.81. The summed E-state index contributed by atoms with van der Waals surface area (Å²) in [6, 6.07) is 0. The predicted molar refractivity (Wildman–Crippen MR) is 77.6 cm³/mol. The van der Waals surface area contributed by atoms with E-state index in [1.165, 1.54) is 58.0 Å². The summed E-state index contributed by atoms with van der Waals surface area (Å²) >= 11 is 0. The van der Waals surface area contributed by atoms with Crippen molar-refractivity contribution in [3.63, 3.8) is 0 Å². The van der Waals surface area contributed by atoms with Gasteiger partial charge in [-0.2, -0.15) is 0 Å². The van der Waals surface area contributed by atoms with E-state index < -0.39 is 0 Å². The molecule has 0 radical (unpaired) electrons. The Kier molecular flexibility index (Phi) is 3.36. The maximum absolute atomic E-state index is 2.55. The molecule has 0 N–H and O–H groups in total. The van der Waals surface area contributed by atoms with Gasteiger partial charge in [0.15, 0.2) is 0 Å². The molecule has 100 valence electrons.